The van der Waals surface area contributed by atoms with Gasteiger partial charge in [0.05, 0.1) is 3.57 Å². The lowest BCUT2D eigenvalue weighted by Gasteiger charge is -1.94. The van der Waals surface area contributed by atoms with Gasteiger partial charge in [-0.3, -0.25) is 0 Å². The molecule has 0 aliphatic heterocycles. The van der Waals surface area contributed by atoms with E-state index in [-0.39, 0.29) is 0 Å². The van der Waals surface area contributed by atoms with E-state index in [0.717, 1.165) is 30.5 Å². The molecule has 3 aromatic rings. The quantitative estimate of drug-likeness (QED) is 0.538. The Kier molecular flexibility index (Phi) is 2.14. The third kappa shape index (κ3) is 1.43. The number of furan rings is 1. The first kappa shape index (κ1) is 9.48. The third-order valence-electron chi connectivity index (χ3n) is 2.40. The highest BCUT2D eigenvalue weighted by molar-refractivity contribution is 14.1. The van der Waals surface area contributed by atoms with Gasteiger partial charge in [0.1, 0.15) is 11.2 Å². The van der Waals surface area contributed by atoms with Crippen molar-refractivity contribution in [3.05, 3.63) is 45.0 Å². The average molecular weight is 329 g/mol. The van der Waals surface area contributed by atoms with E-state index in [4.69, 9.17) is 16.0 Å². The van der Waals surface area contributed by atoms with Gasteiger partial charge >= 0.3 is 0 Å². The maximum Gasteiger partial charge on any atom is 0.148 e. The van der Waals surface area contributed by atoms with E-state index in [1.807, 2.05) is 36.4 Å². The van der Waals surface area contributed by atoms with E-state index < -0.39 is 0 Å². The van der Waals surface area contributed by atoms with Crippen molar-refractivity contribution in [1.29, 1.82) is 0 Å². The molecule has 0 unspecified atom stereocenters. The average Bonchev–Trinajstić information content (AvgIpc) is 2.57. The van der Waals surface area contributed by atoms with Crippen LogP contribution in [0.15, 0.2) is 40.8 Å². The van der Waals surface area contributed by atoms with Crippen LogP contribution in [0.25, 0.3) is 21.9 Å². The molecule has 0 N–H and O–H groups in total. The number of hydrogen-bond acceptors (Lipinski definition) is 1. The van der Waals surface area contributed by atoms with Gasteiger partial charge in [0.25, 0.3) is 0 Å². The van der Waals surface area contributed by atoms with E-state index in [2.05, 4.69) is 22.6 Å². The van der Waals surface area contributed by atoms with Crippen molar-refractivity contribution in [2.75, 3.05) is 0 Å². The van der Waals surface area contributed by atoms with Crippen LogP contribution < -0.4 is 0 Å². The van der Waals surface area contributed by atoms with Gasteiger partial charge in [-0.2, -0.15) is 0 Å². The molecule has 0 spiro atoms. The minimum Gasteiger partial charge on any atom is -0.455 e. The topological polar surface area (TPSA) is 13.1 Å². The highest BCUT2D eigenvalue weighted by atomic mass is 127. The Morgan fingerprint density at radius 1 is 1.07 bits per heavy atom. The van der Waals surface area contributed by atoms with Crippen molar-refractivity contribution in [1.82, 2.24) is 0 Å². The van der Waals surface area contributed by atoms with Gasteiger partial charge in [-0.15, -0.1) is 0 Å². The standard InChI is InChI=1S/C12H6ClIO/c13-7-5-9-8-3-1-2-4-11(8)15-12(9)10(14)6-7/h1-6H. The zero-order chi connectivity index (χ0) is 10.4. The van der Waals surface area contributed by atoms with Gasteiger partial charge in [-0.1, -0.05) is 29.8 Å². The summed E-state index contributed by atoms with van der Waals surface area (Å²) >= 11 is 8.28. The summed E-state index contributed by atoms with van der Waals surface area (Å²) < 4.78 is 6.82. The second-order valence-electron chi connectivity index (χ2n) is 3.36. The van der Waals surface area contributed by atoms with Gasteiger partial charge < -0.3 is 4.42 Å². The number of rotatable bonds is 0. The minimum atomic E-state index is 0.749. The predicted octanol–water partition coefficient (Wildman–Crippen LogP) is 4.84. The number of hydrogen-bond donors (Lipinski definition) is 0. The van der Waals surface area contributed by atoms with Crippen LogP contribution in [0.3, 0.4) is 0 Å². The van der Waals surface area contributed by atoms with Crippen LogP contribution in [0, 0.1) is 3.57 Å². The van der Waals surface area contributed by atoms with Crippen molar-refractivity contribution in [3.63, 3.8) is 0 Å². The first-order chi connectivity index (χ1) is 7.25. The zero-order valence-corrected chi connectivity index (χ0v) is 10.5. The lowest BCUT2D eigenvalue weighted by Crippen LogP contribution is -1.72. The molecule has 0 fully saturated rings. The molecule has 15 heavy (non-hydrogen) atoms. The van der Waals surface area contributed by atoms with Crippen molar-refractivity contribution < 1.29 is 4.42 Å². The fraction of sp³-hybridized carbons (Fsp3) is 0. The molecule has 74 valence electrons. The molecular weight excluding hydrogens is 322 g/mol. The van der Waals surface area contributed by atoms with Gasteiger partial charge in [-0.05, 0) is 40.8 Å². The largest absolute Gasteiger partial charge is 0.455 e. The minimum absolute atomic E-state index is 0.749. The summed E-state index contributed by atoms with van der Waals surface area (Å²) in [6.07, 6.45) is 0. The maximum atomic E-state index is 6.03. The van der Waals surface area contributed by atoms with Crippen LogP contribution in [0.1, 0.15) is 0 Å². The fourth-order valence-corrected chi connectivity index (χ4v) is 2.89. The molecule has 0 saturated heterocycles. The second-order valence-corrected chi connectivity index (χ2v) is 4.96. The molecule has 2 aromatic carbocycles. The smallest absolute Gasteiger partial charge is 0.148 e. The Bertz CT molecular complexity index is 657. The highest BCUT2D eigenvalue weighted by Crippen LogP contribution is 2.33. The Balaban J connectivity index is 2.61. The van der Waals surface area contributed by atoms with Crippen LogP contribution in [0.5, 0.6) is 0 Å². The molecule has 0 bridgehead atoms. The van der Waals surface area contributed by atoms with E-state index in [1.165, 1.54) is 0 Å². The van der Waals surface area contributed by atoms with Crippen LogP contribution >= 0.6 is 34.2 Å². The summed E-state index contributed by atoms with van der Waals surface area (Å²) in [5.41, 5.74) is 1.83. The van der Waals surface area contributed by atoms with Crippen molar-refractivity contribution in [2.45, 2.75) is 0 Å². The zero-order valence-electron chi connectivity index (χ0n) is 7.63. The lowest BCUT2D eigenvalue weighted by molar-refractivity contribution is 0.666. The number of halogens is 2. The molecule has 0 aliphatic rings. The van der Waals surface area contributed by atoms with Crippen LogP contribution in [-0.2, 0) is 0 Å². The summed E-state index contributed by atoms with van der Waals surface area (Å²) in [5.74, 6) is 0. The van der Waals surface area contributed by atoms with E-state index in [0.29, 0.717) is 0 Å². The lowest BCUT2D eigenvalue weighted by atomic mass is 10.1. The number of fused-ring (bicyclic) bond motifs is 3. The van der Waals surface area contributed by atoms with Gasteiger partial charge in [0, 0.05) is 15.8 Å². The van der Waals surface area contributed by atoms with Crippen molar-refractivity contribution in [2.24, 2.45) is 0 Å². The first-order valence-corrected chi connectivity index (χ1v) is 5.97. The summed E-state index contributed by atoms with van der Waals surface area (Å²) in [4.78, 5) is 0. The van der Waals surface area contributed by atoms with Gasteiger partial charge in [0.15, 0.2) is 0 Å². The SMILES string of the molecule is Clc1cc(I)c2oc3ccccc3c2c1. The molecule has 1 heterocycles. The Morgan fingerprint density at radius 3 is 2.73 bits per heavy atom. The number of benzene rings is 2. The summed E-state index contributed by atoms with van der Waals surface area (Å²) in [6.45, 7) is 0. The third-order valence-corrected chi connectivity index (χ3v) is 3.42. The molecule has 0 radical (unpaired) electrons. The van der Waals surface area contributed by atoms with Crippen LogP contribution in [0.2, 0.25) is 5.02 Å². The van der Waals surface area contributed by atoms with E-state index >= 15 is 0 Å². The Hall–Kier alpha value is -0.740. The molecule has 3 rings (SSSR count). The molecule has 0 saturated carbocycles. The maximum absolute atomic E-state index is 6.03. The highest BCUT2D eigenvalue weighted by Gasteiger charge is 2.09. The normalized spacial score (nSPS) is 11.3. The summed E-state index contributed by atoms with van der Waals surface area (Å²) in [7, 11) is 0. The number of para-hydroxylation sites is 1. The second kappa shape index (κ2) is 3.39. The monoisotopic (exact) mass is 328 g/mol. The van der Waals surface area contributed by atoms with E-state index in [1.54, 1.807) is 0 Å². The van der Waals surface area contributed by atoms with Crippen LogP contribution in [0.4, 0.5) is 0 Å². The Labute approximate surface area is 105 Å². The Morgan fingerprint density at radius 2 is 1.87 bits per heavy atom. The molecule has 0 amide bonds. The summed E-state index contributed by atoms with van der Waals surface area (Å²) in [5, 5.41) is 2.95. The summed E-state index contributed by atoms with van der Waals surface area (Å²) in [6, 6.07) is 11.9. The van der Waals surface area contributed by atoms with Gasteiger partial charge in [0.2, 0.25) is 0 Å². The molecule has 1 aromatic heterocycles. The predicted molar refractivity (Wildman–Crippen MR) is 71.4 cm³/mol. The first-order valence-electron chi connectivity index (χ1n) is 4.52. The molecule has 3 heteroatoms. The molecular formula is C12H6ClIO. The fourth-order valence-electron chi connectivity index (χ4n) is 1.75. The molecule has 0 aliphatic carbocycles. The van der Waals surface area contributed by atoms with Crippen molar-refractivity contribution >= 4 is 56.1 Å². The van der Waals surface area contributed by atoms with E-state index in [9.17, 15) is 0 Å². The molecule has 0 atom stereocenters. The van der Waals surface area contributed by atoms with Crippen molar-refractivity contribution in [3.8, 4) is 0 Å². The van der Waals surface area contributed by atoms with Gasteiger partial charge in [-0.25, -0.2) is 0 Å². The van der Waals surface area contributed by atoms with Crippen LogP contribution in [-0.4, -0.2) is 0 Å². The molecule has 1 nitrogen and oxygen atoms in total.